The second-order valence-electron chi connectivity index (χ2n) is 3.64. The van der Waals surface area contributed by atoms with Gasteiger partial charge in [0.2, 0.25) is 0 Å². The molecule has 0 saturated carbocycles. The monoisotopic (exact) mass is 205 g/mol. The zero-order chi connectivity index (χ0) is 11.3. The summed E-state index contributed by atoms with van der Waals surface area (Å²) in [5.41, 5.74) is 1.10. The van der Waals surface area contributed by atoms with E-state index in [1.165, 1.54) is 0 Å². The Morgan fingerprint density at radius 2 is 2.33 bits per heavy atom. The Morgan fingerprint density at radius 3 is 2.93 bits per heavy atom. The van der Waals surface area contributed by atoms with Gasteiger partial charge in [-0.05, 0) is 32.4 Å². The first-order valence-corrected chi connectivity index (χ1v) is 4.93. The highest BCUT2D eigenvalue weighted by Gasteiger charge is 2.08. The van der Waals surface area contributed by atoms with Gasteiger partial charge in [-0.25, -0.2) is 4.98 Å². The number of aliphatic hydroxyl groups is 1. The number of hydrogen-bond donors (Lipinski definition) is 2. The van der Waals surface area contributed by atoms with E-state index in [2.05, 4.69) is 10.3 Å². The number of hydrogen-bond acceptors (Lipinski definition) is 4. The number of rotatable bonds is 4. The summed E-state index contributed by atoms with van der Waals surface area (Å²) in [6, 6.07) is 5.72. The van der Waals surface area contributed by atoms with Crippen LogP contribution in [0.15, 0.2) is 18.3 Å². The van der Waals surface area contributed by atoms with Crippen molar-refractivity contribution in [3.63, 3.8) is 0 Å². The number of aliphatic hydroxyl groups excluding tert-OH is 1. The molecule has 0 aliphatic rings. The topological polar surface area (TPSA) is 68.9 Å². The second-order valence-corrected chi connectivity index (χ2v) is 3.64. The van der Waals surface area contributed by atoms with Gasteiger partial charge in [0.1, 0.15) is 6.07 Å². The minimum Gasteiger partial charge on any atom is -0.393 e. The highest BCUT2D eigenvalue weighted by Crippen LogP contribution is 2.13. The molecule has 0 aliphatic heterocycles. The Hall–Kier alpha value is -1.60. The van der Waals surface area contributed by atoms with Gasteiger partial charge in [0.05, 0.1) is 11.8 Å². The lowest BCUT2D eigenvalue weighted by Gasteiger charge is -2.16. The van der Waals surface area contributed by atoms with E-state index >= 15 is 0 Å². The predicted octanol–water partition coefficient (Wildman–Crippen LogP) is 1.52. The maximum atomic E-state index is 9.21. The van der Waals surface area contributed by atoms with Crippen molar-refractivity contribution >= 4 is 5.69 Å². The van der Waals surface area contributed by atoms with Crippen molar-refractivity contribution in [2.45, 2.75) is 32.4 Å². The Balaban J connectivity index is 2.68. The molecule has 0 radical (unpaired) electrons. The van der Waals surface area contributed by atoms with Gasteiger partial charge in [0.15, 0.2) is 5.69 Å². The molecule has 2 N–H and O–H groups in total. The molecule has 1 aromatic heterocycles. The molecule has 0 spiro atoms. The molecule has 0 amide bonds. The van der Waals surface area contributed by atoms with E-state index in [4.69, 9.17) is 5.26 Å². The first kappa shape index (κ1) is 11.5. The number of pyridine rings is 1. The molecule has 15 heavy (non-hydrogen) atoms. The average molecular weight is 205 g/mol. The van der Waals surface area contributed by atoms with Crippen LogP contribution in [0.4, 0.5) is 5.69 Å². The van der Waals surface area contributed by atoms with Crippen LogP contribution >= 0.6 is 0 Å². The standard InChI is InChI=1S/C11H15N3O/c1-8(6-9(2)15)14-10-4-3-5-13-11(10)7-12/h3-5,8-9,14-15H,6H2,1-2H3. The van der Waals surface area contributed by atoms with Gasteiger partial charge in [0.25, 0.3) is 0 Å². The summed E-state index contributed by atoms with van der Waals surface area (Å²) in [5, 5.41) is 21.2. The van der Waals surface area contributed by atoms with Crippen LogP contribution in [0.5, 0.6) is 0 Å². The van der Waals surface area contributed by atoms with Crippen molar-refractivity contribution in [2.75, 3.05) is 5.32 Å². The Kier molecular flexibility index (Phi) is 4.07. The minimum atomic E-state index is -0.352. The molecule has 4 nitrogen and oxygen atoms in total. The lowest BCUT2D eigenvalue weighted by molar-refractivity contribution is 0.179. The van der Waals surface area contributed by atoms with E-state index in [1.54, 1.807) is 19.2 Å². The summed E-state index contributed by atoms with van der Waals surface area (Å²) < 4.78 is 0. The highest BCUT2D eigenvalue weighted by molar-refractivity contribution is 5.53. The van der Waals surface area contributed by atoms with E-state index in [0.29, 0.717) is 17.8 Å². The summed E-state index contributed by atoms with van der Waals surface area (Å²) in [4.78, 5) is 3.94. The zero-order valence-electron chi connectivity index (χ0n) is 8.94. The molecule has 0 aliphatic carbocycles. The van der Waals surface area contributed by atoms with E-state index in [-0.39, 0.29) is 12.1 Å². The SMILES string of the molecule is CC(O)CC(C)Nc1cccnc1C#N. The third kappa shape index (κ3) is 3.56. The van der Waals surface area contributed by atoms with Crippen molar-refractivity contribution in [3.8, 4) is 6.07 Å². The van der Waals surface area contributed by atoms with Gasteiger partial charge < -0.3 is 10.4 Å². The molecule has 80 valence electrons. The molecule has 1 aromatic rings. The van der Waals surface area contributed by atoms with Gasteiger partial charge in [-0.1, -0.05) is 0 Å². The van der Waals surface area contributed by atoms with Crippen LogP contribution in [0.3, 0.4) is 0 Å². The maximum absolute atomic E-state index is 9.21. The largest absolute Gasteiger partial charge is 0.393 e. The lowest BCUT2D eigenvalue weighted by atomic mass is 10.1. The van der Waals surface area contributed by atoms with Gasteiger partial charge in [-0.3, -0.25) is 0 Å². The van der Waals surface area contributed by atoms with Crippen LogP contribution in [0, 0.1) is 11.3 Å². The van der Waals surface area contributed by atoms with Crippen LogP contribution in [-0.2, 0) is 0 Å². The van der Waals surface area contributed by atoms with Gasteiger partial charge in [-0.2, -0.15) is 5.26 Å². The van der Waals surface area contributed by atoms with Crippen LogP contribution in [0.1, 0.15) is 26.0 Å². The Bertz CT molecular complexity index is 357. The van der Waals surface area contributed by atoms with Crippen molar-refractivity contribution in [3.05, 3.63) is 24.0 Å². The zero-order valence-corrected chi connectivity index (χ0v) is 8.94. The lowest BCUT2D eigenvalue weighted by Crippen LogP contribution is -2.21. The summed E-state index contributed by atoms with van der Waals surface area (Å²) in [6.45, 7) is 3.70. The third-order valence-corrected chi connectivity index (χ3v) is 2.01. The first-order valence-electron chi connectivity index (χ1n) is 4.93. The maximum Gasteiger partial charge on any atom is 0.163 e. The third-order valence-electron chi connectivity index (χ3n) is 2.01. The predicted molar refractivity (Wildman–Crippen MR) is 58.3 cm³/mol. The number of nitrogens with one attached hydrogen (secondary N) is 1. The number of aromatic nitrogens is 1. The summed E-state index contributed by atoms with van der Waals surface area (Å²) in [7, 11) is 0. The highest BCUT2D eigenvalue weighted by atomic mass is 16.3. The summed E-state index contributed by atoms with van der Waals surface area (Å²) in [6.07, 6.45) is 1.87. The molecular formula is C11H15N3O. The smallest absolute Gasteiger partial charge is 0.163 e. The normalized spacial score (nSPS) is 14.0. The number of nitriles is 1. The number of anilines is 1. The molecule has 0 fully saturated rings. The van der Waals surface area contributed by atoms with Crippen LogP contribution in [0.25, 0.3) is 0 Å². The summed E-state index contributed by atoms with van der Waals surface area (Å²) in [5.74, 6) is 0. The first-order chi connectivity index (χ1) is 7.13. The molecule has 1 rings (SSSR count). The average Bonchev–Trinajstić information content (AvgIpc) is 2.17. The number of nitrogens with zero attached hydrogens (tertiary/aromatic N) is 2. The molecular weight excluding hydrogens is 190 g/mol. The molecule has 0 saturated heterocycles. The molecule has 1 heterocycles. The fourth-order valence-electron chi connectivity index (χ4n) is 1.45. The van der Waals surface area contributed by atoms with Crippen molar-refractivity contribution < 1.29 is 5.11 Å². The second kappa shape index (κ2) is 5.32. The van der Waals surface area contributed by atoms with E-state index in [9.17, 15) is 5.11 Å². The van der Waals surface area contributed by atoms with Crippen LogP contribution < -0.4 is 5.32 Å². The van der Waals surface area contributed by atoms with Crippen LogP contribution in [-0.4, -0.2) is 22.2 Å². The van der Waals surface area contributed by atoms with Gasteiger partial charge in [-0.15, -0.1) is 0 Å². The molecule has 2 unspecified atom stereocenters. The molecule has 0 aromatic carbocycles. The minimum absolute atomic E-state index is 0.112. The van der Waals surface area contributed by atoms with E-state index in [0.717, 1.165) is 0 Å². The van der Waals surface area contributed by atoms with Crippen LogP contribution in [0.2, 0.25) is 0 Å². The Labute approximate surface area is 89.6 Å². The van der Waals surface area contributed by atoms with Crippen molar-refractivity contribution in [1.29, 1.82) is 5.26 Å². The fourth-order valence-corrected chi connectivity index (χ4v) is 1.45. The quantitative estimate of drug-likeness (QED) is 0.782. The van der Waals surface area contributed by atoms with E-state index < -0.39 is 0 Å². The molecule has 0 bridgehead atoms. The fraction of sp³-hybridized carbons (Fsp3) is 0.455. The molecule has 2 atom stereocenters. The van der Waals surface area contributed by atoms with Crippen molar-refractivity contribution in [2.24, 2.45) is 0 Å². The van der Waals surface area contributed by atoms with Crippen molar-refractivity contribution in [1.82, 2.24) is 4.98 Å². The van der Waals surface area contributed by atoms with Gasteiger partial charge >= 0.3 is 0 Å². The van der Waals surface area contributed by atoms with Gasteiger partial charge in [0, 0.05) is 12.2 Å². The molecule has 4 heteroatoms. The Morgan fingerprint density at radius 1 is 1.60 bits per heavy atom. The van der Waals surface area contributed by atoms with E-state index in [1.807, 2.05) is 19.1 Å². The summed E-state index contributed by atoms with van der Waals surface area (Å²) >= 11 is 0.